The van der Waals surface area contributed by atoms with E-state index in [0.29, 0.717) is 17.8 Å². The molecule has 1 aromatic carbocycles. The Bertz CT molecular complexity index is 1190. The predicted octanol–water partition coefficient (Wildman–Crippen LogP) is 4.20. The van der Waals surface area contributed by atoms with E-state index in [4.69, 9.17) is 9.72 Å². The lowest BCUT2D eigenvalue weighted by molar-refractivity contribution is 0.0947. The van der Waals surface area contributed by atoms with Gasteiger partial charge in [0.1, 0.15) is 5.65 Å². The van der Waals surface area contributed by atoms with Crippen molar-refractivity contribution in [1.29, 1.82) is 5.26 Å². The fourth-order valence-electron chi connectivity index (χ4n) is 3.20. The summed E-state index contributed by atoms with van der Waals surface area (Å²) in [6.07, 6.45) is 3.74. The first kappa shape index (κ1) is 18.9. The lowest BCUT2D eigenvalue weighted by atomic mass is 10.1. The molecular formula is C22H18N4O2S. The van der Waals surface area contributed by atoms with Crippen molar-refractivity contribution >= 4 is 22.9 Å². The summed E-state index contributed by atoms with van der Waals surface area (Å²) in [5.74, 6) is -0.335. The maximum atomic E-state index is 12.9. The maximum Gasteiger partial charge on any atom is 0.256 e. The SMILES string of the molecule is COCc1ccccc1-c1cn2cccc(C(=O)NC(C#N)c3cccs3)c2n1. The van der Waals surface area contributed by atoms with Crippen LogP contribution in [0, 0.1) is 11.3 Å². The molecule has 3 heterocycles. The first-order valence-electron chi connectivity index (χ1n) is 9.00. The van der Waals surface area contributed by atoms with Crippen molar-refractivity contribution in [3.8, 4) is 17.3 Å². The van der Waals surface area contributed by atoms with Crippen LogP contribution in [0.5, 0.6) is 0 Å². The lowest BCUT2D eigenvalue weighted by Gasteiger charge is -2.10. The largest absolute Gasteiger partial charge is 0.380 e. The molecule has 0 aliphatic heterocycles. The van der Waals surface area contributed by atoms with Crippen LogP contribution in [0.4, 0.5) is 0 Å². The summed E-state index contributed by atoms with van der Waals surface area (Å²) in [7, 11) is 1.65. The van der Waals surface area contributed by atoms with Crippen molar-refractivity contribution in [3.63, 3.8) is 0 Å². The van der Waals surface area contributed by atoms with Crippen LogP contribution in [0.1, 0.15) is 26.8 Å². The zero-order valence-electron chi connectivity index (χ0n) is 15.7. The molecule has 0 bridgehead atoms. The summed E-state index contributed by atoms with van der Waals surface area (Å²) in [6, 6.07) is 16.5. The number of aromatic nitrogens is 2. The van der Waals surface area contributed by atoms with Crippen LogP contribution in [0.2, 0.25) is 0 Å². The number of benzene rings is 1. The average Bonchev–Trinajstić information content (AvgIpc) is 3.42. The number of pyridine rings is 1. The standard InChI is InChI=1S/C22H18N4O2S/c1-28-14-15-6-2-3-7-16(15)19-13-26-10-4-8-17(21(26)24-19)22(27)25-18(12-23)20-9-5-11-29-20/h2-11,13,18H,14H2,1H3,(H,25,27). The van der Waals surface area contributed by atoms with Crippen LogP contribution >= 0.6 is 11.3 Å². The van der Waals surface area contributed by atoms with Gasteiger partial charge in [0.25, 0.3) is 5.91 Å². The van der Waals surface area contributed by atoms with E-state index in [-0.39, 0.29) is 5.91 Å². The third kappa shape index (κ3) is 3.76. The van der Waals surface area contributed by atoms with E-state index in [0.717, 1.165) is 21.7 Å². The van der Waals surface area contributed by atoms with Crippen molar-refractivity contribution < 1.29 is 9.53 Å². The third-order valence-corrected chi connectivity index (χ3v) is 5.49. The summed E-state index contributed by atoms with van der Waals surface area (Å²) in [4.78, 5) is 18.4. The molecule has 144 valence electrons. The molecule has 6 nitrogen and oxygen atoms in total. The third-order valence-electron chi connectivity index (χ3n) is 4.55. The number of thiophene rings is 1. The Labute approximate surface area is 172 Å². The lowest BCUT2D eigenvalue weighted by Crippen LogP contribution is -2.27. The van der Waals surface area contributed by atoms with Gasteiger partial charge in [-0.1, -0.05) is 30.3 Å². The maximum absolute atomic E-state index is 12.9. The minimum atomic E-state index is -0.695. The van der Waals surface area contributed by atoms with E-state index in [2.05, 4.69) is 11.4 Å². The number of methoxy groups -OCH3 is 1. The van der Waals surface area contributed by atoms with E-state index in [1.165, 1.54) is 11.3 Å². The van der Waals surface area contributed by atoms with Crippen LogP contribution in [0.3, 0.4) is 0 Å². The van der Waals surface area contributed by atoms with Crippen molar-refractivity contribution in [3.05, 3.63) is 82.3 Å². The topological polar surface area (TPSA) is 79.4 Å². The highest BCUT2D eigenvalue weighted by Gasteiger charge is 2.19. The van der Waals surface area contributed by atoms with Crippen LogP contribution in [0.25, 0.3) is 16.9 Å². The predicted molar refractivity (Wildman–Crippen MR) is 111 cm³/mol. The fraction of sp³-hybridized carbons (Fsp3) is 0.136. The van der Waals surface area contributed by atoms with E-state index in [1.807, 2.05) is 58.6 Å². The van der Waals surface area contributed by atoms with Gasteiger partial charge in [-0.15, -0.1) is 11.3 Å². The quantitative estimate of drug-likeness (QED) is 0.524. The zero-order chi connectivity index (χ0) is 20.2. The Balaban J connectivity index is 1.70. The summed E-state index contributed by atoms with van der Waals surface area (Å²) >= 11 is 1.43. The van der Waals surface area contributed by atoms with Gasteiger partial charge in [0.2, 0.25) is 0 Å². The van der Waals surface area contributed by atoms with Gasteiger partial charge in [-0.05, 0) is 29.1 Å². The molecule has 0 aliphatic rings. The van der Waals surface area contributed by atoms with Crippen molar-refractivity contribution in [2.75, 3.05) is 7.11 Å². The molecule has 4 rings (SSSR count). The summed E-state index contributed by atoms with van der Waals surface area (Å²) in [5, 5.41) is 14.1. The molecule has 0 saturated heterocycles. The molecule has 29 heavy (non-hydrogen) atoms. The number of nitrogens with zero attached hydrogens (tertiary/aromatic N) is 3. The molecule has 4 aromatic rings. The second kappa shape index (κ2) is 8.27. The fourth-order valence-corrected chi connectivity index (χ4v) is 3.92. The molecular weight excluding hydrogens is 384 g/mol. The number of carbonyl (C=O) groups is 1. The smallest absolute Gasteiger partial charge is 0.256 e. The number of nitrogens with one attached hydrogen (secondary N) is 1. The van der Waals surface area contributed by atoms with E-state index >= 15 is 0 Å². The Kier molecular flexibility index (Phi) is 5.38. The zero-order valence-corrected chi connectivity index (χ0v) is 16.5. The second-order valence-electron chi connectivity index (χ2n) is 6.42. The van der Waals surface area contributed by atoms with E-state index < -0.39 is 6.04 Å². The number of rotatable bonds is 6. The van der Waals surface area contributed by atoms with E-state index in [1.54, 1.807) is 19.2 Å². The Hall–Kier alpha value is -3.47. The summed E-state index contributed by atoms with van der Waals surface area (Å²) in [6.45, 7) is 0.474. The van der Waals surface area contributed by atoms with E-state index in [9.17, 15) is 10.1 Å². The Morgan fingerprint density at radius 3 is 2.90 bits per heavy atom. The minimum absolute atomic E-state index is 0.335. The molecule has 1 atom stereocenters. The molecule has 0 saturated carbocycles. The number of ether oxygens (including phenoxy) is 1. The molecule has 1 N–H and O–H groups in total. The number of hydrogen-bond donors (Lipinski definition) is 1. The van der Waals surface area contributed by atoms with Gasteiger partial charge in [0, 0.05) is 29.9 Å². The molecule has 0 radical (unpaired) electrons. The van der Waals surface area contributed by atoms with Gasteiger partial charge in [0.15, 0.2) is 6.04 Å². The summed E-state index contributed by atoms with van der Waals surface area (Å²) < 4.78 is 7.11. The second-order valence-corrected chi connectivity index (χ2v) is 7.40. The van der Waals surface area contributed by atoms with Gasteiger partial charge in [0.05, 0.1) is 23.9 Å². The van der Waals surface area contributed by atoms with Crippen molar-refractivity contribution in [2.45, 2.75) is 12.6 Å². The van der Waals surface area contributed by atoms with Gasteiger partial charge < -0.3 is 14.5 Å². The normalized spacial score (nSPS) is 11.9. The number of hydrogen-bond acceptors (Lipinski definition) is 5. The number of nitriles is 1. The highest BCUT2D eigenvalue weighted by molar-refractivity contribution is 7.10. The van der Waals surface area contributed by atoms with Gasteiger partial charge >= 0.3 is 0 Å². The van der Waals surface area contributed by atoms with Crippen molar-refractivity contribution in [2.24, 2.45) is 0 Å². The van der Waals surface area contributed by atoms with Crippen LogP contribution < -0.4 is 5.32 Å². The van der Waals surface area contributed by atoms with Crippen molar-refractivity contribution in [1.82, 2.24) is 14.7 Å². The Morgan fingerprint density at radius 2 is 2.14 bits per heavy atom. The number of carbonyl (C=O) groups excluding carboxylic acids is 1. The highest BCUT2D eigenvalue weighted by atomic mass is 32.1. The number of fused-ring (bicyclic) bond motifs is 1. The monoisotopic (exact) mass is 402 g/mol. The molecule has 7 heteroatoms. The molecule has 3 aromatic heterocycles. The van der Waals surface area contributed by atoms with Gasteiger partial charge in [-0.25, -0.2) is 4.98 Å². The van der Waals surface area contributed by atoms with Crippen LogP contribution in [-0.2, 0) is 11.3 Å². The van der Waals surface area contributed by atoms with Crippen LogP contribution in [0.15, 0.2) is 66.3 Å². The Morgan fingerprint density at radius 1 is 1.28 bits per heavy atom. The molecule has 0 aliphatic carbocycles. The van der Waals surface area contributed by atoms with Gasteiger partial charge in [-0.3, -0.25) is 4.79 Å². The summed E-state index contributed by atoms with van der Waals surface area (Å²) in [5.41, 5.74) is 3.69. The number of imidazole rings is 1. The first-order chi connectivity index (χ1) is 14.2. The van der Waals surface area contributed by atoms with Gasteiger partial charge in [-0.2, -0.15) is 5.26 Å². The number of amides is 1. The van der Waals surface area contributed by atoms with Crippen LogP contribution in [-0.4, -0.2) is 22.4 Å². The average molecular weight is 402 g/mol. The molecule has 0 fully saturated rings. The molecule has 0 spiro atoms. The molecule has 1 unspecified atom stereocenters. The minimum Gasteiger partial charge on any atom is -0.380 e. The molecule has 1 amide bonds. The highest BCUT2D eigenvalue weighted by Crippen LogP contribution is 2.25. The first-order valence-corrected chi connectivity index (χ1v) is 9.88.